The van der Waals surface area contributed by atoms with Crippen molar-refractivity contribution < 1.29 is 8.42 Å². The molecular formula is C13H21N3O2S2. The second-order valence-electron chi connectivity index (χ2n) is 5.01. The second-order valence-corrected chi connectivity index (χ2v) is 7.86. The van der Waals surface area contributed by atoms with E-state index in [0.29, 0.717) is 10.9 Å². The third kappa shape index (κ3) is 3.88. The molecule has 1 aliphatic rings. The smallest absolute Gasteiger partial charge is 0.240 e. The lowest BCUT2D eigenvalue weighted by Crippen LogP contribution is -2.39. The predicted octanol–water partition coefficient (Wildman–Crippen LogP) is 1.92. The van der Waals surface area contributed by atoms with Gasteiger partial charge in [-0.3, -0.25) is 5.84 Å². The molecule has 0 spiro atoms. The van der Waals surface area contributed by atoms with Gasteiger partial charge in [0.1, 0.15) is 0 Å². The summed E-state index contributed by atoms with van der Waals surface area (Å²) in [6.45, 7) is 0. The van der Waals surface area contributed by atoms with Gasteiger partial charge >= 0.3 is 0 Å². The van der Waals surface area contributed by atoms with E-state index in [9.17, 15) is 8.42 Å². The van der Waals surface area contributed by atoms with E-state index in [1.165, 1.54) is 6.42 Å². The molecule has 0 bridgehead atoms. The van der Waals surface area contributed by atoms with Crippen LogP contribution in [-0.4, -0.2) is 26.0 Å². The largest absolute Gasteiger partial charge is 0.324 e. The van der Waals surface area contributed by atoms with Crippen molar-refractivity contribution in [3.05, 3.63) is 24.3 Å². The lowest BCUT2D eigenvalue weighted by Gasteiger charge is -2.28. The molecule has 7 heteroatoms. The quantitative estimate of drug-likeness (QED) is 0.571. The maximum absolute atomic E-state index is 12.3. The van der Waals surface area contributed by atoms with Crippen LogP contribution >= 0.6 is 11.8 Å². The molecule has 112 valence electrons. The maximum atomic E-state index is 12.3. The van der Waals surface area contributed by atoms with Gasteiger partial charge in [-0.25, -0.2) is 13.1 Å². The van der Waals surface area contributed by atoms with Gasteiger partial charge in [0.05, 0.1) is 4.90 Å². The van der Waals surface area contributed by atoms with Crippen LogP contribution in [0.15, 0.2) is 29.2 Å². The van der Waals surface area contributed by atoms with Gasteiger partial charge in [0.15, 0.2) is 0 Å². The maximum Gasteiger partial charge on any atom is 0.240 e. The zero-order valence-corrected chi connectivity index (χ0v) is 13.1. The highest BCUT2D eigenvalue weighted by Crippen LogP contribution is 2.27. The molecule has 1 aliphatic carbocycles. The minimum atomic E-state index is -3.44. The molecule has 0 aromatic heterocycles. The van der Waals surface area contributed by atoms with E-state index in [-0.39, 0.29) is 10.9 Å². The van der Waals surface area contributed by atoms with Crippen LogP contribution in [0.5, 0.6) is 0 Å². The third-order valence-corrected chi connectivity index (χ3v) is 6.24. The Morgan fingerprint density at radius 2 is 1.95 bits per heavy atom. The van der Waals surface area contributed by atoms with Gasteiger partial charge in [0, 0.05) is 17.0 Å². The van der Waals surface area contributed by atoms with Crippen LogP contribution in [-0.2, 0) is 10.0 Å². The van der Waals surface area contributed by atoms with Gasteiger partial charge in [0.2, 0.25) is 10.0 Å². The Morgan fingerprint density at radius 3 is 2.55 bits per heavy atom. The van der Waals surface area contributed by atoms with E-state index in [0.717, 1.165) is 19.3 Å². The van der Waals surface area contributed by atoms with Crippen molar-refractivity contribution >= 4 is 27.5 Å². The number of rotatable bonds is 5. The Kier molecular flexibility index (Phi) is 5.31. The van der Waals surface area contributed by atoms with Gasteiger partial charge < -0.3 is 5.43 Å². The summed E-state index contributed by atoms with van der Waals surface area (Å²) in [4.78, 5) is 0.280. The number of sulfonamides is 1. The molecule has 1 fully saturated rings. The highest BCUT2D eigenvalue weighted by Gasteiger charge is 2.26. The molecule has 5 nitrogen and oxygen atoms in total. The number of hydrazine groups is 1. The number of nitrogen functional groups attached to an aromatic ring is 1. The zero-order chi connectivity index (χ0) is 14.6. The molecule has 0 amide bonds. The average Bonchev–Trinajstić information content (AvgIpc) is 2.47. The average molecular weight is 315 g/mol. The van der Waals surface area contributed by atoms with E-state index in [2.05, 4.69) is 16.4 Å². The Morgan fingerprint density at radius 1 is 1.25 bits per heavy atom. The number of nitrogens with two attached hydrogens (primary N) is 1. The predicted molar refractivity (Wildman–Crippen MR) is 84.1 cm³/mol. The van der Waals surface area contributed by atoms with Gasteiger partial charge in [-0.2, -0.15) is 11.8 Å². The normalized spacial score (nSPS) is 23.5. The first-order chi connectivity index (χ1) is 9.55. The number of nitrogens with one attached hydrogen (secondary N) is 2. The molecule has 2 rings (SSSR count). The van der Waals surface area contributed by atoms with E-state index in [4.69, 9.17) is 5.84 Å². The summed E-state index contributed by atoms with van der Waals surface area (Å²) in [5.74, 6) is 5.27. The minimum Gasteiger partial charge on any atom is -0.324 e. The van der Waals surface area contributed by atoms with Gasteiger partial charge in [0.25, 0.3) is 0 Å². The summed E-state index contributed by atoms with van der Waals surface area (Å²) in [5.41, 5.74) is 3.17. The fourth-order valence-electron chi connectivity index (χ4n) is 2.48. The third-order valence-electron chi connectivity index (χ3n) is 3.61. The molecule has 0 aliphatic heterocycles. The first-order valence-corrected chi connectivity index (χ1v) is 9.44. The molecule has 20 heavy (non-hydrogen) atoms. The van der Waals surface area contributed by atoms with Crippen LogP contribution in [0.2, 0.25) is 0 Å². The fraction of sp³-hybridized carbons (Fsp3) is 0.538. The van der Waals surface area contributed by atoms with Gasteiger partial charge in [-0.05, 0) is 49.8 Å². The highest BCUT2D eigenvalue weighted by molar-refractivity contribution is 7.99. The SMILES string of the molecule is CSC1CCCC(NS(=O)(=O)c2ccc(NN)cc2)C1. The standard InChI is InChI=1S/C13H21N3O2S2/c1-19-12-4-2-3-11(9-12)16-20(17,18)13-7-5-10(15-14)6-8-13/h5-8,11-12,15-16H,2-4,9,14H2,1H3. The molecule has 2 unspecified atom stereocenters. The van der Waals surface area contributed by atoms with E-state index < -0.39 is 10.0 Å². The number of thioether (sulfide) groups is 1. The van der Waals surface area contributed by atoms with Crippen LogP contribution in [0.3, 0.4) is 0 Å². The van der Waals surface area contributed by atoms with Gasteiger partial charge in [-0.15, -0.1) is 0 Å². The number of anilines is 1. The molecule has 0 heterocycles. The molecule has 0 saturated heterocycles. The van der Waals surface area contributed by atoms with Crippen molar-refractivity contribution in [2.75, 3.05) is 11.7 Å². The molecular weight excluding hydrogens is 294 g/mol. The zero-order valence-electron chi connectivity index (χ0n) is 11.5. The lowest BCUT2D eigenvalue weighted by atomic mass is 9.96. The number of benzene rings is 1. The first-order valence-electron chi connectivity index (χ1n) is 6.67. The van der Waals surface area contributed by atoms with Crippen molar-refractivity contribution in [3.63, 3.8) is 0 Å². The Bertz CT molecular complexity index is 531. The molecule has 1 saturated carbocycles. The van der Waals surface area contributed by atoms with Crippen molar-refractivity contribution in [3.8, 4) is 0 Å². The summed E-state index contributed by atoms with van der Waals surface area (Å²) < 4.78 is 27.5. The van der Waals surface area contributed by atoms with Gasteiger partial charge in [-0.1, -0.05) is 6.42 Å². The van der Waals surface area contributed by atoms with Crippen molar-refractivity contribution in [2.45, 2.75) is 41.9 Å². The lowest BCUT2D eigenvalue weighted by molar-refractivity contribution is 0.421. The Labute approximate surface area is 124 Å². The molecule has 4 N–H and O–H groups in total. The molecule has 1 aromatic carbocycles. The fourth-order valence-corrected chi connectivity index (χ4v) is 4.59. The monoisotopic (exact) mass is 315 g/mol. The van der Waals surface area contributed by atoms with Crippen molar-refractivity contribution in [1.82, 2.24) is 4.72 Å². The van der Waals surface area contributed by atoms with E-state index in [1.54, 1.807) is 24.3 Å². The van der Waals surface area contributed by atoms with Crippen molar-refractivity contribution in [1.29, 1.82) is 0 Å². The summed E-state index contributed by atoms with van der Waals surface area (Å²) in [6, 6.07) is 6.47. The second kappa shape index (κ2) is 6.80. The Hall–Kier alpha value is -0.760. The molecule has 1 aromatic rings. The number of hydrogen-bond acceptors (Lipinski definition) is 5. The summed E-state index contributed by atoms with van der Waals surface area (Å²) in [7, 11) is -3.44. The summed E-state index contributed by atoms with van der Waals surface area (Å²) >= 11 is 1.82. The van der Waals surface area contributed by atoms with Crippen molar-refractivity contribution in [2.24, 2.45) is 5.84 Å². The van der Waals surface area contributed by atoms with Crippen LogP contribution in [0.25, 0.3) is 0 Å². The Balaban J connectivity index is 2.06. The topological polar surface area (TPSA) is 84.2 Å². The molecule has 0 radical (unpaired) electrons. The minimum absolute atomic E-state index is 0.0403. The first kappa shape index (κ1) is 15.6. The van der Waals surface area contributed by atoms with Crippen LogP contribution < -0.4 is 16.0 Å². The van der Waals surface area contributed by atoms with Crippen LogP contribution in [0.1, 0.15) is 25.7 Å². The summed E-state index contributed by atoms with van der Waals surface area (Å²) in [6.07, 6.45) is 6.16. The number of hydrogen-bond donors (Lipinski definition) is 3. The highest BCUT2D eigenvalue weighted by atomic mass is 32.2. The van der Waals surface area contributed by atoms with E-state index in [1.807, 2.05) is 11.8 Å². The molecule has 2 atom stereocenters. The van der Waals surface area contributed by atoms with Crippen LogP contribution in [0, 0.1) is 0 Å². The van der Waals surface area contributed by atoms with E-state index >= 15 is 0 Å². The summed E-state index contributed by atoms with van der Waals surface area (Å²) in [5, 5.41) is 0.556. The van der Waals surface area contributed by atoms with Crippen LogP contribution in [0.4, 0.5) is 5.69 Å².